The van der Waals surface area contributed by atoms with Crippen molar-refractivity contribution in [2.45, 2.75) is 70.7 Å². The number of carbonyl (C=O) groups excluding carboxylic acids is 1. The van der Waals surface area contributed by atoms with E-state index in [9.17, 15) is 13.6 Å². The maximum absolute atomic E-state index is 13.4. The van der Waals surface area contributed by atoms with E-state index in [0.29, 0.717) is 40.2 Å². The van der Waals surface area contributed by atoms with Crippen LogP contribution < -0.4 is 4.74 Å². The number of carbonyl (C=O) groups is 1. The standard InChI is InChI=1S/C18H16F2N6O.C10H15NO/c1-10-16(24-25-23-10)12-7-14-17(26(9-22-14)18(19)20)15(8-12)27-11(2)13-5-3-4-6-21-13;1-2-10(12)11-8-4-3-5-9(11)7-6-8/h3-9,11,18H,1-2H3,(H,23,24,25);2,8-9H,1,3-7H2/t;8-,9-/m.1/s1. The monoisotopic (exact) mass is 535 g/mol. The lowest BCUT2D eigenvalue weighted by atomic mass is 10.0. The van der Waals surface area contributed by atoms with Crippen molar-refractivity contribution in [3.8, 4) is 17.0 Å². The van der Waals surface area contributed by atoms with E-state index in [0.717, 1.165) is 10.9 Å². The lowest BCUT2D eigenvalue weighted by Crippen LogP contribution is -2.43. The van der Waals surface area contributed by atoms with Crippen LogP contribution in [0, 0.1) is 6.92 Å². The Morgan fingerprint density at radius 2 is 1.92 bits per heavy atom. The predicted octanol–water partition coefficient (Wildman–Crippen LogP) is 5.78. The minimum Gasteiger partial charge on any atom is -0.482 e. The number of aryl methyl sites for hydroxylation is 1. The van der Waals surface area contributed by atoms with Crippen LogP contribution in [0.2, 0.25) is 0 Å². The molecule has 1 N–H and O–H groups in total. The largest absolute Gasteiger partial charge is 0.482 e. The fourth-order valence-corrected chi connectivity index (χ4v) is 5.51. The predicted molar refractivity (Wildman–Crippen MR) is 142 cm³/mol. The van der Waals surface area contributed by atoms with Crippen molar-refractivity contribution in [3.05, 3.63) is 66.9 Å². The molecule has 6 rings (SSSR count). The van der Waals surface area contributed by atoms with Crippen LogP contribution in [0.15, 0.2) is 55.5 Å². The van der Waals surface area contributed by atoms with Gasteiger partial charge >= 0.3 is 6.55 Å². The second kappa shape index (κ2) is 11.3. The summed E-state index contributed by atoms with van der Waals surface area (Å²) in [5, 5.41) is 10.7. The molecular weight excluding hydrogens is 504 g/mol. The summed E-state index contributed by atoms with van der Waals surface area (Å²) < 4.78 is 33.7. The van der Waals surface area contributed by atoms with E-state index in [-0.39, 0.29) is 17.2 Å². The number of pyridine rings is 1. The van der Waals surface area contributed by atoms with Crippen LogP contribution in [0.25, 0.3) is 22.3 Å². The van der Waals surface area contributed by atoms with E-state index >= 15 is 0 Å². The van der Waals surface area contributed by atoms with Crippen molar-refractivity contribution in [1.29, 1.82) is 0 Å². The highest BCUT2D eigenvalue weighted by Gasteiger charge is 2.38. The molecule has 1 unspecified atom stereocenters. The van der Waals surface area contributed by atoms with E-state index in [2.05, 4.69) is 36.9 Å². The molecule has 1 amide bonds. The van der Waals surface area contributed by atoms with Crippen molar-refractivity contribution in [3.63, 3.8) is 0 Å². The number of rotatable bonds is 6. The fourth-order valence-electron chi connectivity index (χ4n) is 5.51. The third-order valence-electron chi connectivity index (χ3n) is 7.37. The second-order valence-electron chi connectivity index (χ2n) is 9.81. The molecule has 2 bridgehead atoms. The maximum Gasteiger partial charge on any atom is 0.320 e. The number of fused-ring (bicyclic) bond motifs is 3. The molecule has 1 aromatic carbocycles. The summed E-state index contributed by atoms with van der Waals surface area (Å²) in [6.07, 6.45) is 9.91. The van der Waals surface area contributed by atoms with Gasteiger partial charge in [0.1, 0.15) is 29.4 Å². The van der Waals surface area contributed by atoms with Crippen molar-refractivity contribution in [1.82, 2.24) is 34.8 Å². The van der Waals surface area contributed by atoms with Crippen LogP contribution in [-0.4, -0.2) is 52.8 Å². The van der Waals surface area contributed by atoms with Crippen LogP contribution >= 0.6 is 0 Å². The Bertz CT molecular complexity index is 1440. The van der Waals surface area contributed by atoms with Gasteiger partial charge in [-0.15, -0.1) is 0 Å². The topological polar surface area (TPSA) is 102 Å². The van der Waals surface area contributed by atoms with Crippen LogP contribution in [0.5, 0.6) is 5.75 Å². The Hall–Kier alpha value is -4.15. The van der Waals surface area contributed by atoms with Crippen molar-refractivity contribution in [2.24, 2.45) is 0 Å². The molecule has 2 saturated heterocycles. The minimum atomic E-state index is -2.73. The molecule has 11 heteroatoms. The molecule has 2 fully saturated rings. The van der Waals surface area contributed by atoms with Crippen molar-refractivity contribution >= 4 is 16.9 Å². The van der Waals surface area contributed by atoms with Gasteiger partial charge in [-0.2, -0.15) is 24.2 Å². The molecule has 39 heavy (non-hydrogen) atoms. The third kappa shape index (κ3) is 5.39. The molecule has 204 valence electrons. The SMILES string of the molecule is C=CC(=O)N1[C@@H]2CCC[C@@H]1CC2.Cc1n[nH]nc1-c1cc(OC(C)c2ccccn2)c2c(c1)ncn2C(F)F. The number of ether oxygens (including phenoxy) is 1. The Morgan fingerprint density at radius 3 is 2.54 bits per heavy atom. The van der Waals surface area contributed by atoms with E-state index < -0.39 is 12.7 Å². The number of nitrogens with zero attached hydrogens (tertiary/aromatic N) is 6. The summed E-state index contributed by atoms with van der Waals surface area (Å²) in [4.78, 5) is 21.9. The second-order valence-corrected chi connectivity index (χ2v) is 9.81. The van der Waals surface area contributed by atoms with Gasteiger partial charge in [0.05, 0.1) is 16.9 Å². The number of halogens is 2. The number of amides is 1. The number of piperidine rings is 1. The number of imidazole rings is 1. The normalized spacial score (nSPS) is 19.1. The smallest absolute Gasteiger partial charge is 0.320 e. The molecule has 0 radical (unpaired) electrons. The molecule has 9 nitrogen and oxygen atoms in total. The molecular formula is C28H31F2N7O2. The molecule has 3 aromatic heterocycles. The van der Waals surface area contributed by atoms with Gasteiger partial charge in [-0.1, -0.05) is 12.6 Å². The number of aromatic nitrogens is 6. The molecule has 0 saturated carbocycles. The molecule has 2 aliphatic rings. The van der Waals surface area contributed by atoms with Gasteiger partial charge in [0.25, 0.3) is 0 Å². The van der Waals surface area contributed by atoms with E-state index in [1.165, 1.54) is 38.2 Å². The molecule has 4 aromatic rings. The Morgan fingerprint density at radius 1 is 1.15 bits per heavy atom. The van der Waals surface area contributed by atoms with Crippen LogP contribution in [0.1, 0.15) is 63.1 Å². The zero-order valence-corrected chi connectivity index (χ0v) is 21.9. The number of aromatic amines is 1. The third-order valence-corrected chi connectivity index (χ3v) is 7.37. The first-order chi connectivity index (χ1) is 18.9. The number of H-pyrrole nitrogens is 1. The fraction of sp³-hybridized carbons (Fsp3) is 0.393. The summed E-state index contributed by atoms with van der Waals surface area (Å²) in [6.45, 7) is 4.42. The molecule has 2 aliphatic heterocycles. The first-order valence-corrected chi connectivity index (χ1v) is 13.1. The zero-order valence-electron chi connectivity index (χ0n) is 21.9. The summed E-state index contributed by atoms with van der Waals surface area (Å²) in [5.74, 6) is 0.419. The van der Waals surface area contributed by atoms with Crippen molar-refractivity contribution < 1.29 is 18.3 Å². The van der Waals surface area contributed by atoms with Gasteiger partial charge < -0.3 is 9.64 Å². The van der Waals surface area contributed by atoms with Gasteiger partial charge in [0.2, 0.25) is 5.91 Å². The average molecular weight is 536 g/mol. The van der Waals surface area contributed by atoms with E-state index in [1.54, 1.807) is 31.3 Å². The number of hydrogen-bond donors (Lipinski definition) is 1. The maximum atomic E-state index is 13.4. The lowest BCUT2D eigenvalue weighted by Gasteiger charge is -2.33. The highest BCUT2D eigenvalue weighted by atomic mass is 19.3. The Kier molecular flexibility index (Phi) is 7.67. The number of benzene rings is 1. The van der Waals surface area contributed by atoms with Gasteiger partial charge in [-0.3, -0.25) is 14.3 Å². The molecule has 0 aliphatic carbocycles. The Balaban J connectivity index is 0.000000214. The summed E-state index contributed by atoms with van der Waals surface area (Å²) in [7, 11) is 0. The average Bonchev–Trinajstić information content (AvgIpc) is 3.64. The summed E-state index contributed by atoms with van der Waals surface area (Å²) in [6, 6.07) is 9.90. The van der Waals surface area contributed by atoms with Gasteiger partial charge in [-0.05, 0) is 76.3 Å². The Labute approximate surface area is 224 Å². The molecule has 5 heterocycles. The van der Waals surface area contributed by atoms with Crippen LogP contribution in [0.3, 0.4) is 0 Å². The summed E-state index contributed by atoms with van der Waals surface area (Å²) in [5.41, 5.74) is 3.27. The summed E-state index contributed by atoms with van der Waals surface area (Å²) >= 11 is 0. The quantitative estimate of drug-likeness (QED) is 0.314. The lowest BCUT2D eigenvalue weighted by molar-refractivity contribution is -0.130. The highest BCUT2D eigenvalue weighted by Crippen LogP contribution is 2.37. The first kappa shape index (κ1) is 26.5. The van der Waals surface area contributed by atoms with Gasteiger partial charge in [-0.25, -0.2) is 4.98 Å². The van der Waals surface area contributed by atoms with Crippen LogP contribution in [-0.2, 0) is 4.79 Å². The van der Waals surface area contributed by atoms with Crippen molar-refractivity contribution in [2.75, 3.05) is 0 Å². The minimum absolute atomic E-state index is 0.141. The molecule has 3 atom stereocenters. The number of alkyl halides is 2. The number of nitrogens with one attached hydrogen (secondary N) is 1. The van der Waals surface area contributed by atoms with Gasteiger partial charge in [0.15, 0.2) is 0 Å². The zero-order chi connectivity index (χ0) is 27.5. The first-order valence-electron chi connectivity index (χ1n) is 13.1. The highest BCUT2D eigenvalue weighted by molar-refractivity contribution is 5.88. The molecule has 0 spiro atoms. The van der Waals surface area contributed by atoms with E-state index in [4.69, 9.17) is 4.74 Å². The van der Waals surface area contributed by atoms with E-state index in [1.807, 2.05) is 19.1 Å². The number of hydrogen-bond acceptors (Lipinski definition) is 6. The van der Waals surface area contributed by atoms with Gasteiger partial charge in [0, 0.05) is 23.8 Å². The van der Waals surface area contributed by atoms with Crippen LogP contribution in [0.4, 0.5) is 8.78 Å².